The van der Waals surface area contributed by atoms with Gasteiger partial charge in [0.25, 0.3) is 5.91 Å². The van der Waals surface area contributed by atoms with Gasteiger partial charge in [0, 0.05) is 23.6 Å². The number of amides is 1. The van der Waals surface area contributed by atoms with Gasteiger partial charge in [-0.05, 0) is 25.1 Å². The van der Waals surface area contributed by atoms with E-state index in [0.29, 0.717) is 16.4 Å². The van der Waals surface area contributed by atoms with Gasteiger partial charge in [-0.15, -0.1) is 0 Å². The van der Waals surface area contributed by atoms with E-state index in [1.165, 1.54) is 31.6 Å². The van der Waals surface area contributed by atoms with Crippen molar-refractivity contribution in [2.45, 2.75) is 6.92 Å². The van der Waals surface area contributed by atoms with Gasteiger partial charge < -0.3 is 10.1 Å². The van der Waals surface area contributed by atoms with Crippen LogP contribution in [0.5, 0.6) is 0 Å². The van der Waals surface area contributed by atoms with E-state index < -0.39 is 11.9 Å². The summed E-state index contributed by atoms with van der Waals surface area (Å²) in [4.78, 5) is 31.2. The first-order chi connectivity index (χ1) is 10.0. The molecule has 0 fully saturated rings. The zero-order valence-electron chi connectivity index (χ0n) is 11.4. The van der Waals surface area contributed by atoms with E-state index >= 15 is 0 Å². The Balaban J connectivity index is 2.17. The highest BCUT2D eigenvalue weighted by Gasteiger charge is 2.12. The number of pyridine rings is 2. The molecule has 2 heterocycles. The van der Waals surface area contributed by atoms with Crippen molar-refractivity contribution in [1.29, 1.82) is 0 Å². The van der Waals surface area contributed by atoms with Crippen LogP contribution in [0.1, 0.15) is 26.4 Å². The van der Waals surface area contributed by atoms with E-state index in [9.17, 15) is 9.59 Å². The van der Waals surface area contributed by atoms with E-state index in [1.807, 2.05) is 0 Å². The van der Waals surface area contributed by atoms with E-state index in [-0.39, 0.29) is 11.3 Å². The van der Waals surface area contributed by atoms with Gasteiger partial charge in [0.15, 0.2) is 0 Å². The second-order valence-corrected chi connectivity index (χ2v) is 4.51. The quantitative estimate of drug-likeness (QED) is 0.696. The molecule has 2 aromatic heterocycles. The largest absolute Gasteiger partial charge is 0.465 e. The molecule has 1 N–H and O–H groups in total. The van der Waals surface area contributed by atoms with Gasteiger partial charge in [0.1, 0.15) is 10.8 Å². The van der Waals surface area contributed by atoms with E-state index in [0.717, 1.165) is 0 Å². The highest BCUT2D eigenvalue weighted by Crippen LogP contribution is 2.20. The standard InChI is InChI=1S/C14H12ClN3O3/c1-8-10(5-6-16-12(8)15)18-13(19)11-4-3-9(7-17-11)14(20)21-2/h3-7H,1-2H3,(H,16,18,19). The molecule has 0 atom stereocenters. The number of anilines is 1. The second kappa shape index (κ2) is 6.32. The number of carbonyl (C=O) groups excluding carboxylic acids is 2. The van der Waals surface area contributed by atoms with Gasteiger partial charge in [-0.1, -0.05) is 11.6 Å². The molecule has 0 aliphatic heterocycles. The number of carbonyl (C=O) groups is 2. The maximum Gasteiger partial charge on any atom is 0.339 e. The first-order valence-electron chi connectivity index (χ1n) is 5.99. The lowest BCUT2D eigenvalue weighted by Gasteiger charge is -2.08. The van der Waals surface area contributed by atoms with E-state index in [4.69, 9.17) is 11.6 Å². The minimum Gasteiger partial charge on any atom is -0.465 e. The fourth-order valence-corrected chi connectivity index (χ4v) is 1.76. The van der Waals surface area contributed by atoms with Crippen LogP contribution in [-0.4, -0.2) is 29.0 Å². The molecule has 1 amide bonds. The maximum absolute atomic E-state index is 12.1. The minimum atomic E-state index is -0.508. The molecule has 0 bridgehead atoms. The Morgan fingerprint density at radius 1 is 1.24 bits per heavy atom. The number of nitrogens with one attached hydrogen (secondary N) is 1. The van der Waals surface area contributed by atoms with Crippen LogP contribution in [0.4, 0.5) is 5.69 Å². The first-order valence-corrected chi connectivity index (χ1v) is 6.37. The van der Waals surface area contributed by atoms with Crippen LogP contribution < -0.4 is 5.32 Å². The summed E-state index contributed by atoms with van der Waals surface area (Å²) in [6.07, 6.45) is 2.78. The number of hydrogen-bond donors (Lipinski definition) is 1. The normalized spacial score (nSPS) is 10.0. The number of hydrogen-bond acceptors (Lipinski definition) is 5. The Morgan fingerprint density at radius 3 is 2.62 bits per heavy atom. The Labute approximate surface area is 126 Å². The predicted octanol–water partition coefficient (Wildman–Crippen LogP) is 2.48. The average molecular weight is 306 g/mol. The molecule has 108 valence electrons. The predicted molar refractivity (Wildman–Crippen MR) is 77.5 cm³/mol. The molecule has 0 spiro atoms. The summed E-state index contributed by atoms with van der Waals surface area (Å²) < 4.78 is 4.56. The molecular weight excluding hydrogens is 294 g/mol. The second-order valence-electron chi connectivity index (χ2n) is 4.15. The summed E-state index contributed by atoms with van der Waals surface area (Å²) in [5, 5.41) is 3.01. The van der Waals surface area contributed by atoms with E-state index in [2.05, 4.69) is 20.0 Å². The van der Waals surface area contributed by atoms with Crippen LogP contribution in [-0.2, 0) is 4.74 Å². The average Bonchev–Trinajstić information content (AvgIpc) is 2.51. The number of aromatic nitrogens is 2. The SMILES string of the molecule is COC(=O)c1ccc(C(=O)Nc2ccnc(Cl)c2C)nc1. The third kappa shape index (κ3) is 3.35. The summed E-state index contributed by atoms with van der Waals surface area (Å²) in [6, 6.07) is 4.56. The molecule has 0 unspecified atom stereocenters. The molecule has 21 heavy (non-hydrogen) atoms. The van der Waals surface area contributed by atoms with Crippen molar-refractivity contribution in [2.24, 2.45) is 0 Å². The van der Waals surface area contributed by atoms with Crippen molar-refractivity contribution >= 4 is 29.2 Å². The molecule has 0 saturated heterocycles. The van der Waals surface area contributed by atoms with Crippen molar-refractivity contribution in [3.05, 3.63) is 52.6 Å². The van der Waals surface area contributed by atoms with Gasteiger partial charge in [0.2, 0.25) is 0 Å². The lowest BCUT2D eigenvalue weighted by Crippen LogP contribution is -2.15. The number of nitrogens with zero attached hydrogens (tertiary/aromatic N) is 2. The molecule has 0 aromatic carbocycles. The zero-order chi connectivity index (χ0) is 15.4. The number of halogens is 1. The third-order valence-electron chi connectivity index (χ3n) is 2.81. The van der Waals surface area contributed by atoms with Crippen LogP contribution in [0.25, 0.3) is 0 Å². The molecule has 2 aromatic rings. The van der Waals surface area contributed by atoms with Gasteiger partial charge in [-0.3, -0.25) is 9.78 Å². The minimum absolute atomic E-state index is 0.176. The topological polar surface area (TPSA) is 81.2 Å². The Hall–Kier alpha value is -2.47. The Bertz CT molecular complexity index is 686. The zero-order valence-corrected chi connectivity index (χ0v) is 12.1. The Kier molecular flexibility index (Phi) is 4.49. The van der Waals surface area contributed by atoms with Crippen molar-refractivity contribution in [3.63, 3.8) is 0 Å². The van der Waals surface area contributed by atoms with Crippen LogP contribution in [0, 0.1) is 6.92 Å². The van der Waals surface area contributed by atoms with Crippen LogP contribution >= 0.6 is 11.6 Å². The van der Waals surface area contributed by atoms with Crippen molar-refractivity contribution in [1.82, 2.24) is 9.97 Å². The monoisotopic (exact) mass is 305 g/mol. The van der Waals surface area contributed by atoms with Gasteiger partial charge >= 0.3 is 5.97 Å². The lowest BCUT2D eigenvalue weighted by molar-refractivity contribution is 0.0600. The number of ether oxygens (including phenoxy) is 1. The smallest absolute Gasteiger partial charge is 0.339 e. The summed E-state index contributed by atoms with van der Waals surface area (Å²) >= 11 is 5.89. The van der Waals surface area contributed by atoms with Crippen molar-refractivity contribution < 1.29 is 14.3 Å². The summed E-state index contributed by atoms with van der Waals surface area (Å²) in [5.41, 5.74) is 1.67. The highest BCUT2D eigenvalue weighted by atomic mass is 35.5. The van der Waals surface area contributed by atoms with Crippen LogP contribution in [0.2, 0.25) is 5.15 Å². The van der Waals surface area contributed by atoms with E-state index in [1.54, 1.807) is 13.0 Å². The summed E-state index contributed by atoms with van der Waals surface area (Å²) in [6.45, 7) is 1.75. The summed E-state index contributed by atoms with van der Waals surface area (Å²) in [5.74, 6) is -0.914. The molecule has 0 aliphatic rings. The third-order valence-corrected chi connectivity index (χ3v) is 3.19. The van der Waals surface area contributed by atoms with Crippen molar-refractivity contribution in [2.75, 3.05) is 12.4 Å². The fraction of sp³-hybridized carbons (Fsp3) is 0.143. The first kappa shape index (κ1) is 14.9. The molecular formula is C14H12ClN3O3. The Morgan fingerprint density at radius 2 is 2.00 bits per heavy atom. The maximum atomic E-state index is 12.1. The molecule has 7 heteroatoms. The summed E-state index contributed by atoms with van der Waals surface area (Å²) in [7, 11) is 1.28. The number of methoxy groups -OCH3 is 1. The molecule has 6 nitrogen and oxygen atoms in total. The number of rotatable bonds is 3. The highest BCUT2D eigenvalue weighted by molar-refractivity contribution is 6.30. The van der Waals surface area contributed by atoms with Gasteiger partial charge in [0.05, 0.1) is 12.7 Å². The molecule has 0 aliphatic carbocycles. The lowest BCUT2D eigenvalue weighted by atomic mass is 10.2. The van der Waals surface area contributed by atoms with Crippen LogP contribution in [0.15, 0.2) is 30.6 Å². The number of esters is 1. The molecule has 2 rings (SSSR count). The van der Waals surface area contributed by atoms with Crippen LogP contribution in [0.3, 0.4) is 0 Å². The van der Waals surface area contributed by atoms with Crippen molar-refractivity contribution in [3.8, 4) is 0 Å². The van der Waals surface area contributed by atoms with Gasteiger partial charge in [-0.2, -0.15) is 0 Å². The fourth-order valence-electron chi connectivity index (χ4n) is 1.60. The van der Waals surface area contributed by atoms with Gasteiger partial charge in [-0.25, -0.2) is 9.78 Å². The molecule has 0 saturated carbocycles. The molecule has 0 radical (unpaired) electrons.